The highest BCUT2D eigenvalue weighted by Crippen LogP contribution is 2.31. The van der Waals surface area contributed by atoms with E-state index in [9.17, 15) is 4.79 Å². The van der Waals surface area contributed by atoms with E-state index in [1.54, 1.807) is 0 Å². The van der Waals surface area contributed by atoms with Crippen molar-refractivity contribution in [3.8, 4) is 5.75 Å². The van der Waals surface area contributed by atoms with Crippen LogP contribution in [0.25, 0.3) is 0 Å². The summed E-state index contributed by atoms with van der Waals surface area (Å²) in [5.74, 6) is 0.822. The third-order valence-electron chi connectivity index (χ3n) is 3.77. The second-order valence-corrected chi connectivity index (χ2v) is 5.12. The van der Waals surface area contributed by atoms with Crippen LogP contribution in [0.3, 0.4) is 0 Å². The van der Waals surface area contributed by atoms with Crippen molar-refractivity contribution in [2.24, 2.45) is 0 Å². The molecule has 0 bridgehead atoms. The molecule has 110 valence electrons. The molecule has 0 radical (unpaired) electrons. The number of para-hydroxylation sites is 1. The molecule has 2 rings (SSSR count). The molecule has 0 fully saturated rings. The van der Waals surface area contributed by atoms with Crippen molar-refractivity contribution in [2.75, 3.05) is 26.8 Å². The van der Waals surface area contributed by atoms with Gasteiger partial charge in [-0.1, -0.05) is 18.2 Å². The van der Waals surface area contributed by atoms with Gasteiger partial charge in [-0.05, 0) is 20.0 Å². The third-order valence-corrected chi connectivity index (χ3v) is 3.77. The van der Waals surface area contributed by atoms with Crippen LogP contribution in [-0.4, -0.2) is 48.8 Å². The van der Waals surface area contributed by atoms with Crippen molar-refractivity contribution >= 4 is 5.91 Å². The summed E-state index contributed by atoms with van der Waals surface area (Å²) in [7, 11) is 1.83. The Bertz CT molecular complexity index is 464. The van der Waals surface area contributed by atoms with Gasteiger partial charge in [0.15, 0.2) is 0 Å². The van der Waals surface area contributed by atoms with Crippen LogP contribution in [0.5, 0.6) is 5.75 Å². The zero-order chi connectivity index (χ0) is 14.5. The summed E-state index contributed by atoms with van der Waals surface area (Å²) in [5, 5.41) is 12.0. The van der Waals surface area contributed by atoms with Crippen LogP contribution in [0, 0.1) is 0 Å². The van der Waals surface area contributed by atoms with E-state index in [1.807, 2.05) is 43.1 Å². The van der Waals surface area contributed by atoms with Crippen LogP contribution >= 0.6 is 0 Å². The predicted octanol–water partition coefficient (Wildman–Crippen LogP) is 0.939. The number of carbonyl (C=O) groups is 1. The van der Waals surface area contributed by atoms with Crippen LogP contribution in [0.4, 0.5) is 0 Å². The number of amides is 1. The predicted molar refractivity (Wildman–Crippen MR) is 76.6 cm³/mol. The van der Waals surface area contributed by atoms with Crippen molar-refractivity contribution in [1.29, 1.82) is 0 Å². The molecule has 0 aliphatic carbocycles. The molecule has 2 atom stereocenters. The van der Waals surface area contributed by atoms with Gasteiger partial charge in [-0.25, -0.2) is 0 Å². The van der Waals surface area contributed by atoms with Gasteiger partial charge in [-0.15, -0.1) is 0 Å². The largest absolute Gasteiger partial charge is 0.493 e. The Labute approximate surface area is 119 Å². The summed E-state index contributed by atoms with van der Waals surface area (Å²) >= 11 is 0. The van der Waals surface area contributed by atoms with Gasteiger partial charge in [-0.2, -0.15) is 0 Å². The zero-order valence-electron chi connectivity index (χ0n) is 12.0. The van der Waals surface area contributed by atoms with E-state index >= 15 is 0 Å². The van der Waals surface area contributed by atoms with Crippen molar-refractivity contribution in [3.05, 3.63) is 29.8 Å². The van der Waals surface area contributed by atoms with Gasteiger partial charge in [0, 0.05) is 18.5 Å². The average molecular weight is 278 g/mol. The number of hydrogen-bond acceptors (Lipinski definition) is 4. The highest BCUT2D eigenvalue weighted by atomic mass is 16.5. The minimum atomic E-state index is -0.267. The number of nitrogens with one attached hydrogen (secondary N) is 1. The van der Waals surface area contributed by atoms with Crippen LogP contribution < -0.4 is 10.1 Å². The van der Waals surface area contributed by atoms with Crippen LogP contribution in [0.1, 0.15) is 24.9 Å². The minimum absolute atomic E-state index is 0.00238. The zero-order valence-corrected chi connectivity index (χ0v) is 12.0. The molecule has 2 unspecified atom stereocenters. The summed E-state index contributed by atoms with van der Waals surface area (Å²) < 4.78 is 5.59. The molecule has 0 spiro atoms. The number of ether oxygens (including phenoxy) is 1. The Kier molecular flexibility index (Phi) is 4.98. The van der Waals surface area contributed by atoms with Crippen LogP contribution in [0.2, 0.25) is 0 Å². The minimum Gasteiger partial charge on any atom is -0.493 e. The first-order valence-electron chi connectivity index (χ1n) is 6.96. The molecule has 0 aromatic heterocycles. The van der Waals surface area contributed by atoms with Crippen molar-refractivity contribution in [2.45, 2.75) is 25.4 Å². The molecule has 20 heavy (non-hydrogen) atoms. The Hall–Kier alpha value is -1.59. The van der Waals surface area contributed by atoms with Gasteiger partial charge < -0.3 is 15.2 Å². The number of carbonyl (C=O) groups excluding carboxylic acids is 1. The van der Waals surface area contributed by atoms with E-state index in [-0.39, 0.29) is 24.6 Å². The highest BCUT2D eigenvalue weighted by molar-refractivity contribution is 5.81. The fourth-order valence-electron chi connectivity index (χ4n) is 2.34. The van der Waals surface area contributed by atoms with Gasteiger partial charge in [0.2, 0.25) is 5.91 Å². The van der Waals surface area contributed by atoms with Gasteiger partial charge in [0.25, 0.3) is 0 Å². The fraction of sp³-hybridized carbons (Fsp3) is 0.533. The van der Waals surface area contributed by atoms with Gasteiger partial charge >= 0.3 is 0 Å². The standard InChI is InChI=1S/C15H22N2O3/c1-11(17(2)8-9-18)15(19)16-13-7-10-20-14-6-4-3-5-12(13)14/h3-6,11,13,18H,7-10H2,1-2H3,(H,16,19). The van der Waals surface area contributed by atoms with E-state index in [0.29, 0.717) is 13.2 Å². The molecule has 2 N–H and O–H groups in total. The maximum Gasteiger partial charge on any atom is 0.237 e. The van der Waals surface area contributed by atoms with Gasteiger partial charge in [0.05, 0.1) is 25.3 Å². The van der Waals surface area contributed by atoms with E-state index in [4.69, 9.17) is 9.84 Å². The maximum absolute atomic E-state index is 12.3. The molecule has 1 aliphatic heterocycles. The van der Waals surface area contributed by atoms with Gasteiger partial charge in [-0.3, -0.25) is 9.69 Å². The molecule has 0 saturated carbocycles. The van der Waals surface area contributed by atoms with Crippen molar-refractivity contribution in [1.82, 2.24) is 10.2 Å². The lowest BCUT2D eigenvalue weighted by Gasteiger charge is -2.29. The second kappa shape index (κ2) is 6.72. The molecule has 0 saturated heterocycles. The lowest BCUT2D eigenvalue weighted by atomic mass is 10.0. The monoisotopic (exact) mass is 278 g/mol. The molecule has 1 aromatic rings. The quantitative estimate of drug-likeness (QED) is 0.841. The van der Waals surface area contributed by atoms with E-state index in [1.165, 1.54) is 0 Å². The lowest BCUT2D eigenvalue weighted by molar-refractivity contribution is -0.126. The highest BCUT2D eigenvalue weighted by Gasteiger charge is 2.25. The number of rotatable bonds is 5. The summed E-state index contributed by atoms with van der Waals surface area (Å²) in [5.41, 5.74) is 1.03. The van der Waals surface area contributed by atoms with E-state index < -0.39 is 0 Å². The topological polar surface area (TPSA) is 61.8 Å². The summed E-state index contributed by atoms with van der Waals surface area (Å²) in [4.78, 5) is 14.1. The van der Waals surface area contributed by atoms with Crippen LogP contribution in [-0.2, 0) is 4.79 Å². The Morgan fingerprint density at radius 2 is 2.30 bits per heavy atom. The molecule has 1 aliphatic rings. The van der Waals surface area contributed by atoms with Crippen molar-refractivity contribution < 1.29 is 14.6 Å². The summed E-state index contributed by atoms with van der Waals surface area (Å²) in [6, 6.07) is 7.53. The average Bonchev–Trinajstić information content (AvgIpc) is 2.47. The lowest BCUT2D eigenvalue weighted by Crippen LogP contribution is -2.46. The number of likely N-dealkylation sites (N-methyl/N-ethyl adjacent to an activating group) is 1. The van der Waals surface area contributed by atoms with Crippen LogP contribution in [0.15, 0.2) is 24.3 Å². The number of benzene rings is 1. The third kappa shape index (κ3) is 3.29. The molecule has 1 aromatic carbocycles. The fourth-order valence-corrected chi connectivity index (χ4v) is 2.34. The number of aliphatic hydroxyl groups is 1. The molecular weight excluding hydrogens is 256 g/mol. The molecule has 5 heteroatoms. The summed E-state index contributed by atoms with van der Waals surface area (Å²) in [6.45, 7) is 2.99. The molecule has 1 amide bonds. The Morgan fingerprint density at radius 3 is 3.05 bits per heavy atom. The Morgan fingerprint density at radius 1 is 1.55 bits per heavy atom. The smallest absolute Gasteiger partial charge is 0.237 e. The molecule has 5 nitrogen and oxygen atoms in total. The molecule has 1 heterocycles. The first-order valence-corrected chi connectivity index (χ1v) is 6.96. The SMILES string of the molecule is CC(C(=O)NC1CCOc2ccccc21)N(C)CCO. The van der Waals surface area contributed by atoms with E-state index in [0.717, 1.165) is 17.7 Å². The second-order valence-electron chi connectivity index (χ2n) is 5.12. The normalized spacial score (nSPS) is 19.1. The summed E-state index contributed by atoms with van der Waals surface area (Å²) in [6.07, 6.45) is 0.777. The number of nitrogens with zero attached hydrogens (tertiary/aromatic N) is 1. The maximum atomic E-state index is 12.3. The first-order chi connectivity index (χ1) is 9.63. The first kappa shape index (κ1) is 14.8. The molecular formula is C15H22N2O3. The van der Waals surface area contributed by atoms with E-state index in [2.05, 4.69) is 5.32 Å². The van der Waals surface area contributed by atoms with Crippen molar-refractivity contribution in [3.63, 3.8) is 0 Å². The Balaban J connectivity index is 2.02. The number of fused-ring (bicyclic) bond motifs is 1. The van der Waals surface area contributed by atoms with Gasteiger partial charge in [0.1, 0.15) is 5.75 Å². The number of hydrogen-bond donors (Lipinski definition) is 2. The number of aliphatic hydroxyl groups excluding tert-OH is 1.